The van der Waals surface area contributed by atoms with Gasteiger partial charge in [-0.05, 0) is 34.6 Å². The molecular weight excluding hydrogens is 268 g/mol. The average molecular weight is 278 g/mol. The summed E-state index contributed by atoms with van der Waals surface area (Å²) in [5.41, 5.74) is -0.495. The van der Waals surface area contributed by atoms with E-state index in [9.17, 15) is 13.6 Å². The van der Waals surface area contributed by atoms with E-state index in [1.807, 2.05) is 0 Å². The Bertz CT molecular complexity index is 382. The van der Waals surface area contributed by atoms with Crippen LogP contribution in [-0.2, 0) is 0 Å². The predicted octanol–water partition coefficient (Wildman–Crippen LogP) is 2.52. The van der Waals surface area contributed by atoms with Gasteiger partial charge >= 0.3 is 0 Å². The first-order valence-electron chi connectivity index (χ1n) is 4.45. The lowest BCUT2D eigenvalue weighted by atomic mass is 10.1. The molecule has 0 atom stereocenters. The van der Waals surface area contributed by atoms with Crippen LogP contribution in [0.3, 0.4) is 0 Å². The molecular formula is C10H10BrF2NO. The maximum Gasteiger partial charge on any atom is 0.182 e. The van der Waals surface area contributed by atoms with E-state index in [1.54, 1.807) is 6.92 Å². The number of halogens is 3. The van der Waals surface area contributed by atoms with E-state index in [0.717, 1.165) is 6.07 Å². The Hall–Kier alpha value is -0.810. The summed E-state index contributed by atoms with van der Waals surface area (Å²) in [5.74, 6) is -2.27. The lowest BCUT2D eigenvalue weighted by Gasteiger charge is -2.05. The molecule has 0 bridgehead atoms. The van der Waals surface area contributed by atoms with Gasteiger partial charge in [0.1, 0.15) is 5.82 Å². The third kappa shape index (κ3) is 2.82. The number of carbonyl (C=O) groups is 1. The SMILES string of the molecule is CCNCC(=O)c1c(F)ccc(Br)c1F. The number of Topliss-reactive ketones (excluding diaryl/α,β-unsaturated/α-hetero) is 1. The van der Waals surface area contributed by atoms with Gasteiger partial charge < -0.3 is 5.32 Å². The van der Waals surface area contributed by atoms with Crippen LogP contribution in [0.25, 0.3) is 0 Å². The molecule has 0 radical (unpaired) electrons. The Morgan fingerprint density at radius 3 is 2.73 bits per heavy atom. The number of ketones is 1. The van der Waals surface area contributed by atoms with Gasteiger partial charge in [-0.3, -0.25) is 4.79 Å². The van der Waals surface area contributed by atoms with Crippen LogP contribution in [0.5, 0.6) is 0 Å². The molecule has 0 amide bonds. The zero-order valence-electron chi connectivity index (χ0n) is 8.11. The molecule has 5 heteroatoms. The van der Waals surface area contributed by atoms with Crippen molar-refractivity contribution in [3.8, 4) is 0 Å². The fourth-order valence-electron chi connectivity index (χ4n) is 1.11. The zero-order chi connectivity index (χ0) is 11.4. The van der Waals surface area contributed by atoms with Gasteiger partial charge in [0, 0.05) is 0 Å². The van der Waals surface area contributed by atoms with Crippen LogP contribution >= 0.6 is 15.9 Å². The summed E-state index contributed by atoms with van der Waals surface area (Å²) in [5, 5.41) is 2.72. The number of carbonyl (C=O) groups excluding carboxylic acids is 1. The largest absolute Gasteiger partial charge is 0.310 e. The molecule has 0 heterocycles. The standard InChI is InChI=1S/C10H10BrF2NO/c1-2-14-5-8(15)9-7(12)4-3-6(11)10(9)13/h3-4,14H,2,5H2,1H3. The second-order valence-electron chi connectivity index (χ2n) is 2.92. The molecule has 82 valence electrons. The Kier molecular flexibility index (Phi) is 4.35. The van der Waals surface area contributed by atoms with Crippen LogP contribution in [0.2, 0.25) is 0 Å². The van der Waals surface area contributed by atoms with Crippen molar-refractivity contribution < 1.29 is 13.6 Å². The molecule has 0 aliphatic rings. The topological polar surface area (TPSA) is 29.1 Å². The molecule has 1 rings (SSSR count). The number of nitrogens with one attached hydrogen (secondary N) is 1. The smallest absolute Gasteiger partial charge is 0.182 e. The molecule has 0 aliphatic heterocycles. The minimum absolute atomic E-state index is 0.0687. The maximum absolute atomic E-state index is 13.4. The fraction of sp³-hybridized carbons (Fsp3) is 0.300. The zero-order valence-corrected chi connectivity index (χ0v) is 9.70. The van der Waals surface area contributed by atoms with Crippen molar-refractivity contribution in [2.24, 2.45) is 0 Å². The van der Waals surface area contributed by atoms with Crippen molar-refractivity contribution in [1.29, 1.82) is 0 Å². The Balaban J connectivity index is 3.02. The Labute approximate surface area is 94.8 Å². The quantitative estimate of drug-likeness (QED) is 0.677. The van der Waals surface area contributed by atoms with Crippen molar-refractivity contribution in [2.75, 3.05) is 13.1 Å². The lowest BCUT2D eigenvalue weighted by molar-refractivity contribution is 0.0983. The highest BCUT2D eigenvalue weighted by Gasteiger charge is 2.18. The molecule has 1 aromatic carbocycles. The molecule has 2 nitrogen and oxygen atoms in total. The number of rotatable bonds is 4. The first-order valence-corrected chi connectivity index (χ1v) is 5.24. The van der Waals surface area contributed by atoms with Crippen LogP contribution in [-0.4, -0.2) is 18.9 Å². The van der Waals surface area contributed by atoms with Crippen molar-refractivity contribution >= 4 is 21.7 Å². The van der Waals surface area contributed by atoms with E-state index < -0.39 is 23.0 Å². The molecule has 0 spiro atoms. The molecule has 0 aromatic heterocycles. The van der Waals surface area contributed by atoms with Gasteiger partial charge in [-0.25, -0.2) is 8.78 Å². The average Bonchev–Trinajstić information content (AvgIpc) is 2.21. The minimum atomic E-state index is -0.849. The summed E-state index contributed by atoms with van der Waals surface area (Å²) in [7, 11) is 0. The van der Waals surface area contributed by atoms with Crippen molar-refractivity contribution in [1.82, 2.24) is 5.32 Å². The molecule has 1 N–H and O–H groups in total. The predicted molar refractivity (Wildman–Crippen MR) is 56.9 cm³/mol. The van der Waals surface area contributed by atoms with Gasteiger partial charge in [-0.2, -0.15) is 0 Å². The van der Waals surface area contributed by atoms with Gasteiger partial charge in [-0.15, -0.1) is 0 Å². The second-order valence-corrected chi connectivity index (χ2v) is 3.78. The number of benzene rings is 1. The normalized spacial score (nSPS) is 10.4. The fourth-order valence-corrected chi connectivity index (χ4v) is 1.44. The summed E-state index contributed by atoms with van der Waals surface area (Å²) in [6.07, 6.45) is 0. The van der Waals surface area contributed by atoms with Gasteiger partial charge in [0.25, 0.3) is 0 Å². The van der Waals surface area contributed by atoms with Crippen molar-refractivity contribution in [3.63, 3.8) is 0 Å². The van der Waals surface area contributed by atoms with Crippen LogP contribution in [0, 0.1) is 11.6 Å². The van der Waals surface area contributed by atoms with Crippen LogP contribution in [0.1, 0.15) is 17.3 Å². The summed E-state index contributed by atoms with van der Waals surface area (Å²) in [4.78, 5) is 11.4. The van der Waals surface area contributed by atoms with Crippen LogP contribution in [0.15, 0.2) is 16.6 Å². The minimum Gasteiger partial charge on any atom is -0.310 e. The second kappa shape index (κ2) is 5.32. The lowest BCUT2D eigenvalue weighted by Crippen LogP contribution is -2.24. The van der Waals surface area contributed by atoms with E-state index in [-0.39, 0.29) is 11.0 Å². The van der Waals surface area contributed by atoms with E-state index in [4.69, 9.17) is 0 Å². The maximum atomic E-state index is 13.4. The van der Waals surface area contributed by atoms with Gasteiger partial charge in [-0.1, -0.05) is 6.92 Å². The monoisotopic (exact) mass is 277 g/mol. The van der Waals surface area contributed by atoms with Gasteiger partial charge in [0.2, 0.25) is 0 Å². The molecule has 0 aliphatic carbocycles. The van der Waals surface area contributed by atoms with Gasteiger partial charge in [0.15, 0.2) is 11.6 Å². The van der Waals surface area contributed by atoms with E-state index in [0.29, 0.717) is 6.54 Å². The van der Waals surface area contributed by atoms with Crippen molar-refractivity contribution in [2.45, 2.75) is 6.92 Å². The molecule has 0 saturated heterocycles. The molecule has 1 aromatic rings. The summed E-state index contributed by atoms with van der Waals surface area (Å²) < 4.78 is 26.7. The highest BCUT2D eigenvalue weighted by molar-refractivity contribution is 9.10. The van der Waals surface area contributed by atoms with Gasteiger partial charge in [0.05, 0.1) is 16.6 Å². The third-order valence-electron chi connectivity index (χ3n) is 1.86. The summed E-state index contributed by atoms with van der Waals surface area (Å²) in [6, 6.07) is 2.29. The number of hydrogen-bond donors (Lipinski definition) is 1. The molecule has 15 heavy (non-hydrogen) atoms. The third-order valence-corrected chi connectivity index (χ3v) is 2.47. The molecule has 0 saturated carbocycles. The number of hydrogen-bond acceptors (Lipinski definition) is 2. The first-order chi connectivity index (χ1) is 7.07. The highest BCUT2D eigenvalue weighted by atomic mass is 79.9. The molecule has 0 unspecified atom stereocenters. The van der Waals surface area contributed by atoms with E-state index in [1.165, 1.54) is 6.07 Å². The van der Waals surface area contributed by atoms with Crippen LogP contribution < -0.4 is 5.32 Å². The molecule has 0 fully saturated rings. The Morgan fingerprint density at radius 1 is 1.47 bits per heavy atom. The number of likely N-dealkylation sites (N-methyl/N-ethyl adjacent to an activating group) is 1. The summed E-state index contributed by atoms with van der Waals surface area (Å²) >= 11 is 2.90. The summed E-state index contributed by atoms with van der Waals surface area (Å²) in [6.45, 7) is 2.31. The van der Waals surface area contributed by atoms with E-state index in [2.05, 4.69) is 21.2 Å². The Morgan fingerprint density at radius 2 is 2.13 bits per heavy atom. The van der Waals surface area contributed by atoms with Crippen molar-refractivity contribution in [3.05, 3.63) is 33.8 Å². The van der Waals surface area contributed by atoms with Crippen LogP contribution in [0.4, 0.5) is 8.78 Å². The van der Waals surface area contributed by atoms with E-state index >= 15 is 0 Å². The highest BCUT2D eigenvalue weighted by Crippen LogP contribution is 2.21. The first kappa shape index (κ1) is 12.3.